The summed E-state index contributed by atoms with van der Waals surface area (Å²) >= 11 is 0. The number of hydrogen-bond donors (Lipinski definition) is 0. The van der Waals surface area contributed by atoms with E-state index in [1.807, 2.05) is 6.07 Å². The number of benzene rings is 1. The molecule has 0 aromatic heterocycles. The molecule has 1 aliphatic heterocycles. The van der Waals surface area contributed by atoms with Gasteiger partial charge in [-0.3, -0.25) is 0 Å². The predicted octanol–water partition coefficient (Wildman–Crippen LogP) is 3.35. The third-order valence-electron chi connectivity index (χ3n) is 3.31. The lowest BCUT2D eigenvalue weighted by Gasteiger charge is -2.31. The van der Waals surface area contributed by atoms with Crippen LogP contribution in [0.15, 0.2) is 35.3 Å². The Kier molecular flexibility index (Phi) is 2.76. The molecule has 1 unspecified atom stereocenters. The highest BCUT2D eigenvalue weighted by molar-refractivity contribution is 5.52. The predicted molar refractivity (Wildman–Crippen MR) is 62.1 cm³/mol. The molecule has 2 heteroatoms. The van der Waals surface area contributed by atoms with Gasteiger partial charge in [-0.05, 0) is 18.4 Å². The molecule has 0 radical (unpaired) electrons. The van der Waals surface area contributed by atoms with E-state index in [0.717, 1.165) is 12.8 Å². The van der Waals surface area contributed by atoms with Gasteiger partial charge >= 0.3 is 0 Å². The molecule has 0 saturated heterocycles. The average Bonchev–Trinajstić information content (AvgIpc) is 2.74. The van der Waals surface area contributed by atoms with E-state index < -0.39 is 0 Å². The third kappa shape index (κ3) is 1.65. The van der Waals surface area contributed by atoms with Gasteiger partial charge < -0.3 is 4.74 Å². The minimum absolute atomic E-state index is 0.124. The Morgan fingerprint density at radius 1 is 1.20 bits per heavy atom. The van der Waals surface area contributed by atoms with Gasteiger partial charge in [-0.25, -0.2) is 4.99 Å². The minimum atomic E-state index is -0.124. The fourth-order valence-electron chi connectivity index (χ4n) is 2.23. The second-order valence-electron chi connectivity index (χ2n) is 3.96. The van der Waals surface area contributed by atoms with Crippen LogP contribution in [-0.4, -0.2) is 12.0 Å². The van der Waals surface area contributed by atoms with Gasteiger partial charge in [0.05, 0.1) is 0 Å². The van der Waals surface area contributed by atoms with Gasteiger partial charge in [-0.15, -0.1) is 0 Å². The average molecular weight is 203 g/mol. The topological polar surface area (TPSA) is 21.6 Å². The van der Waals surface area contributed by atoms with E-state index >= 15 is 0 Å². The van der Waals surface area contributed by atoms with Crippen molar-refractivity contribution in [1.29, 1.82) is 0 Å². The Hall–Kier alpha value is -1.31. The first kappa shape index (κ1) is 10.2. The van der Waals surface area contributed by atoms with E-state index in [4.69, 9.17) is 4.74 Å². The molecule has 1 heterocycles. The monoisotopic (exact) mass is 203 g/mol. The standard InChI is InChI=1S/C13H17NO/c1-3-13(4-2)12(14-10-15-13)11-8-6-5-7-9-11/h5-10,12H,3-4H2,1-2H3. The fourth-order valence-corrected chi connectivity index (χ4v) is 2.23. The first-order valence-corrected chi connectivity index (χ1v) is 5.57. The van der Waals surface area contributed by atoms with E-state index in [9.17, 15) is 0 Å². The van der Waals surface area contributed by atoms with Crippen molar-refractivity contribution in [3.63, 3.8) is 0 Å². The largest absolute Gasteiger partial charge is 0.475 e. The summed E-state index contributed by atoms with van der Waals surface area (Å²) in [4.78, 5) is 4.45. The van der Waals surface area contributed by atoms with Crippen molar-refractivity contribution < 1.29 is 4.74 Å². The Morgan fingerprint density at radius 2 is 1.87 bits per heavy atom. The lowest BCUT2D eigenvalue weighted by Crippen LogP contribution is -2.33. The van der Waals surface area contributed by atoms with Crippen LogP contribution in [0.5, 0.6) is 0 Å². The van der Waals surface area contributed by atoms with E-state index in [2.05, 4.69) is 43.1 Å². The molecule has 1 aromatic carbocycles. The molecule has 0 amide bonds. The smallest absolute Gasteiger partial charge is 0.171 e. The van der Waals surface area contributed by atoms with Gasteiger partial charge in [0, 0.05) is 0 Å². The summed E-state index contributed by atoms with van der Waals surface area (Å²) in [6.07, 6.45) is 3.59. The van der Waals surface area contributed by atoms with Crippen molar-refractivity contribution in [3.05, 3.63) is 35.9 Å². The molecular formula is C13H17NO. The number of ether oxygens (including phenoxy) is 1. The van der Waals surface area contributed by atoms with Crippen LogP contribution in [0.4, 0.5) is 0 Å². The summed E-state index contributed by atoms with van der Waals surface area (Å²) in [6.45, 7) is 4.32. The number of rotatable bonds is 3. The highest BCUT2D eigenvalue weighted by Gasteiger charge is 2.41. The van der Waals surface area contributed by atoms with Crippen molar-refractivity contribution in [2.75, 3.05) is 0 Å². The molecule has 0 spiro atoms. The van der Waals surface area contributed by atoms with Gasteiger partial charge in [-0.1, -0.05) is 44.2 Å². The van der Waals surface area contributed by atoms with Gasteiger partial charge in [-0.2, -0.15) is 0 Å². The summed E-state index contributed by atoms with van der Waals surface area (Å²) in [5.41, 5.74) is 1.12. The Labute approximate surface area is 91.0 Å². The summed E-state index contributed by atoms with van der Waals surface area (Å²) in [7, 11) is 0. The van der Waals surface area contributed by atoms with Gasteiger partial charge in [0.1, 0.15) is 11.6 Å². The summed E-state index contributed by atoms with van der Waals surface area (Å²) in [5, 5.41) is 0. The SMILES string of the molecule is CCC1(CC)OC=NC1c1ccccc1. The molecule has 0 aliphatic carbocycles. The first-order valence-electron chi connectivity index (χ1n) is 5.57. The first-order chi connectivity index (χ1) is 7.32. The molecule has 0 fully saturated rings. The molecule has 0 bridgehead atoms. The molecule has 0 saturated carbocycles. The molecule has 2 rings (SSSR count). The van der Waals surface area contributed by atoms with Crippen molar-refractivity contribution in [2.24, 2.45) is 4.99 Å². The Balaban J connectivity index is 2.32. The van der Waals surface area contributed by atoms with Crippen LogP contribution >= 0.6 is 0 Å². The second-order valence-corrected chi connectivity index (χ2v) is 3.96. The minimum Gasteiger partial charge on any atom is -0.475 e. The second kappa shape index (κ2) is 4.05. The maximum atomic E-state index is 5.71. The number of nitrogens with zero attached hydrogens (tertiary/aromatic N) is 1. The fraction of sp³-hybridized carbons (Fsp3) is 0.462. The zero-order valence-electron chi connectivity index (χ0n) is 9.31. The molecule has 1 atom stereocenters. The van der Waals surface area contributed by atoms with Crippen LogP contribution in [0.25, 0.3) is 0 Å². The maximum Gasteiger partial charge on any atom is 0.171 e. The normalized spacial score (nSPS) is 22.7. The van der Waals surface area contributed by atoms with Crippen molar-refractivity contribution in [3.8, 4) is 0 Å². The van der Waals surface area contributed by atoms with Crippen LogP contribution in [-0.2, 0) is 4.74 Å². The van der Waals surface area contributed by atoms with Gasteiger partial charge in [0.2, 0.25) is 0 Å². The van der Waals surface area contributed by atoms with Gasteiger partial charge in [0.15, 0.2) is 6.40 Å². The van der Waals surface area contributed by atoms with Gasteiger partial charge in [0.25, 0.3) is 0 Å². The molecule has 15 heavy (non-hydrogen) atoms. The van der Waals surface area contributed by atoms with E-state index in [1.165, 1.54) is 5.56 Å². The van der Waals surface area contributed by atoms with Crippen LogP contribution in [0, 0.1) is 0 Å². The molecule has 0 N–H and O–H groups in total. The van der Waals surface area contributed by atoms with Crippen LogP contribution in [0.3, 0.4) is 0 Å². The van der Waals surface area contributed by atoms with Crippen molar-refractivity contribution in [2.45, 2.75) is 38.3 Å². The van der Waals surface area contributed by atoms with Crippen LogP contribution in [0.2, 0.25) is 0 Å². The summed E-state index contributed by atoms with van der Waals surface area (Å²) < 4.78 is 5.71. The van der Waals surface area contributed by atoms with Crippen LogP contribution in [0.1, 0.15) is 38.3 Å². The zero-order valence-corrected chi connectivity index (χ0v) is 9.31. The molecular weight excluding hydrogens is 186 g/mol. The zero-order chi connectivity index (χ0) is 10.7. The highest BCUT2D eigenvalue weighted by atomic mass is 16.5. The van der Waals surface area contributed by atoms with Crippen molar-refractivity contribution >= 4 is 6.40 Å². The van der Waals surface area contributed by atoms with E-state index in [1.54, 1.807) is 6.40 Å². The number of hydrogen-bond acceptors (Lipinski definition) is 2. The van der Waals surface area contributed by atoms with E-state index in [0.29, 0.717) is 0 Å². The maximum absolute atomic E-state index is 5.71. The van der Waals surface area contributed by atoms with Crippen LogP contribution < -0.4 is 0 Å². The molecule has 1 aliphatic rings. The molecule has 2 nitrogen and oxygen atoms in total. The number of aliphatic imine (C=N–C) groups is 1. The highest BCUT2D eigenvalue weighted by Crippen LogP contribution is 2.40. The summed E-state index contributed by atoms with van der Waals surface area (Å²) in [5.74, 6) is 0. The van der Waals surface area contributed by atoms with Crippen molar-refractivity contribution in [1.82, 2.24) is 0 Å². The quantitative estimate of drug-likeness (QED) is 0.738. The third-order valence-corrected chi connectivity index (χ3v) is 3.31. The molecule has 1 aromatic rings. The lowest BCUT2D eigenvalue weighted by molar-refractivity contribution is 0.0525. The molecule has 80 valence electrons. The summed E-state index contributed by atoms with van der Waals surface area (Å²) in [6, 6.07) is 10.5. The Bertz CT molecular complexity index is 341. The Morgan fingerprint density at radius 3 is 2.47 bits per heavy atom. The van der Waals surface area contributed by atoms with E-state index in [-0.39, 0.29) is 11.6 Å². The lowest BCUT2D eigenvalue weighted by atomic mass is 9.85.